The third-order valence-electron chi connectivity index (χ3n) is 4.04. The molecule has 0 saturated carbocycles. The molecule has 0 unspecified atom stereocenters. The van der Waals surface area contributed by atoms with E-state index in [2.05, 4.69) is 10.3 Å². The molecule has 0 atom stereocenters. The molecule has 0 saturated heterocycles. The molecule has 5 nitrogen and oxygen atoms in total. The Bertz CT molecular complexity index is 890. The van der Waals surface area contributed by atoms with Crippen LogP contribution in [0.4, 0.5) is 0 Å². The van der Waals surface area contributed by atoms with E-state index in [1.807, 2.05) is 55.5 Å². The van der Waals surface area contributed by atoms with E-state index in [0.717, 1.165) is 22.1 Å². The molecule has 2 aromatic carbocycles. The van der Waals surface area contributed by atoms with Gasteiger partial charge >= 0.3 is 0 Å². The Morgan fingerprint density at radius 1 is 1.15 bits per heavy atom. The summed E-state index contributed by atoms with van der Waals surface area (Å²) in [7, 11) is 1.65. The zero-order valence-corrected chi connectivity index (χ0v) is 16.2. The summed E-state index contributed by atoms with van der Waals surface area (Å²) in [6.45, 7) is 2.90. The lowest BCUT2D eigenvalue weighted by atomic mass is 10.1. The van der Waals surface area contributed by atoms with Crippen LogP contribution < -0.4 is 14.8 Å². The highest BCUT2D eigenvalue weighted by atomic mass is 32.1. The second-order valence-electron chi connectivity index (χ2n) is 6.05. The predicted octanol–water partition coefficient (Wildman–Crippen LogP) is 4.01. The summed E-state index contributed by atoms with van der Waals surface area (Å²) in [5.41, 5.74) is 2.66. The van der Waals surface area contributed by atoms with Crippen molar-refractivity contribution in [2.24, 2.45) is 0 Å². The van der Waals surface area contributed by atoms with Crippen molar-refractivity contribution >= 4 is 17.2 Å². The number of benzene rings is 2. The summed E-state index contributed by atoms with van der Waals surface area (Å²) in [6.07, 6.45) is 0.698. The van der Waals surface area contributed by atoms with Gasteiger partial charge in [0.05, 0.1) is 7.11 Å². The van der Waals surface area contributed by atoms with Gasteiger partial charge in [-0.25, -0.2) is 4.98 Å². The standard InChI is InChI=1S/C21H22N2O3S/c1-15-7-9-17(10-8-15)26-13-20-23-18(14-27-20)21(24)22-12-11-16-5-3-4-6-19(16)25-2/h3-10,14H,11-13H2,1-2H3,(H,22,24). The van der Waals surface area contributed by atoms with E-state index in [1.54, 1.807) is 12.5 Å². The van der Waals surface area contributed by atoms with Crippen LogP contribution in [0.1, 0.15) is 26.6 Å². The fourth-order valence-electron chi connectivity index (χ4n) is 2.57. The number of carbonyl (C=O) groups is 1. The summed E-state index contributed by atoms with van der Waals surface area (Å²) in [5, 5.41) is 5.43. The van der Waals surface area contributed by atoms with Gasteiger partial charge in [-0.1, -0.05) is 35.9 Å². The number of nitrogens with one attached hydrogen (secondary N) is 1. The zero-order chi connectivity index (χ0) is 19.1. The summed E-state index contributed by atoms with van der Waals surface area (Å²) in [5.74, 6) is 1.44. The SMILES string of the molecule is COc1ccccc1CCNC(=O)c1csc(COc2ccc(C)cc2)n1. The molecule has 27 heavy (non-hydrogen) atoms. The van der Waals surface area contributed by atoms with Crippen molar-refractivity contribution in [2.45, 2.75) is 20.0 Å². The highest BCUT2D eigenvalue weighted by molar-refractivity contribution is 7.09. The number of amides is 1. The van der Waals surface area contributed by atoms with Gasteiger partial charge < -0.3 is 14.8 Å². The van der Waals surface area contributed by atoms with Crippen LogP contribution in [-0.2, 0) is 13.0 Å². The van der Waals surface area contributed by atoms with E-state index < -0.39 is 0 Å². The number of ether oxygens (including phenoxy) is 2. The molecule has 140 valence electrons. The third-order valence-corrected chi connectivity index (χ3v) is 4.86. The van der Waals surface area contributed by atoms with Crippen LogP contribution in [0, 0.1) is 6.92 Å². The second-order valence-corrected chi connectivity index (χ2v) is 6.99. The average Bonchev–Trinajstić information content (AvgIpc) is 3.17. The Morgan fingerprint density at radius 3 is 2.70 bits per heavy atom. The topological polar surface area (TPSA) is 60.5 Å². The number of aryl methyl sites for hydroxylation is 1. The van der Waals surface area contributed by atoms with Crippen LogP contribution in [0.15, 0.2) is 53.9 Å². The van der Waals surface area contributed by atoms with E-state index in [4.69, 9.17) is 9.47 Å². The number of hydrogen-bond acceptors (Lipinski definition) is 5. The molecule has 6 heteroatoms. The molecule has 1 amide bonds. The quantitative estimate of drug-likeness (QED) is 0.639. The maximum atomic E-state index is 12.3. The highest BCUT2D eigenvalue weighted by Gasteiger charge is 2.11. The Morgan fingerprint density at radius 2 is 1.93 bits per heavy atom. The van der Waals surface area contributed by atoms with Crippen molar-refractivity contribution in [1.82, 2.24) is 10.3 Å². The minimum absolute atomic E-state index is 0.178. The maximum Gasteiger partial charge on any atom is 0.270 e. The van der Waals surface area contributed by atoms with Gasteiger partial charge in [-0.15, -0.1) is 11.3 Å². The van der Waals surface area contributed by atoms with Crippen LogP contribution in [0.3, 0.4) is 0 Å². The first-order valence-electron chi connectivity index (χ1n) is 8.69. The van der Waals surface area contributed by atoms with Crippen LogP contribution in [0.2, 0.25) is 0 Å². The molecule has 3 aromatic rings. The first kappa shape index (κ1) is 18.9. The van der Waals surface area contributed by atoms with E-state index in [-0.39, 0.29) is 5.91 Å². The smallest absolute Gasteiger partial charge is 0.270 e. The minimum atomic E-state index is -0.178. The summed E-state index contributed by atoms with van der Waals surface area (Å²) in [4.78, 5) is 16.6. The molecule has 0 aliphatic carbocycles. The lowest BCUT2D eigenvalue weighted by Gasteiger charge is -2.08. The van der Waals surface area contributed by atoms with Crippen molar-refractivity contribution in [2.75, 3.05) is 13.7 Å². The number of hydrogen-bond donors (Lipinski definition) is 1. The number of thiazole rings is 1. The summed E-state index contributed by atoms with van der Waals surface area (Å²) < 4.78 is 11.0. The minimum Gasteiger partial charge on any atom is -0.496 e. The number of carbonyl (C=O) groups excluding carboxylic acids is 1. The molecule has 1 heterocycles. The first-order chi connectivity index (χ1) is 13.2. The van der Waals surface area contributed by atoms with Crippen molar-refractivity contribution in [3.63, 3.8) is 0 Å². The van der Waals surface area contributed by atoms with Gasteiger partial charge in [0.2, 0.25) is 0 Å². The normalized spacial score (nSPS) is 10.4. The van der Waals surface area contributed by atoms with Crippen molar-refractivity contribution in [1.29, 1.82) is 0 Å². The van der Waals surface area contributed by atoms with E-state index in [9.17, 15) is 4.79 Å². The number of nitrogens with zero attached hydrogens (tertiary/aromatic N) is 1. The van der Waals surface area contributed by atoms with Gasteiger partial charge in [0.25, 0.3) is 5.91 Å². The number of rotatable bonds is 8. The van der Waals surface area contributed by atoms with Crippen LogP contribution >= 0.6 is 11.3 Å². The van der Waals surface area contributed by atoms with E-state index in [1.165, 1.54) is 16.9 Å². The van der Waals surface area contributed by atoms with Crippen LogP contribution in [-0.4, -0.2) is 24.5 Å². The second kappa shape index (κ2) is 9.19. The molecule has 0 aliphatic rings. The van der Waals surface area contributed by atoms with Gasteiger partial charge in [0.1, 0.15) is 28.8 Å². The molecule has 0 fully saturated rings. The van der Waals surface area contributed by atoms with Crippen LogP contribution in [0.25, 0.3) is 0 Å². The number of para-hydroxylation sites is 1. The Labute approximate surface area is 163 Å². The number of methoxy groups -OCH3 is 1. The van der Waals surface area contributed by atoms with Gasteiger partial charge in [0.15, 0.2) is 0 Å². The van der Waals surface area contributed by atoms with E-state index >= 15 is 0 Å². The molecule has 1 N–H and O–H groups in total. The average molecular weight is 382 g/mol. The summed E-state index contributed by atoms with van der Waals surface area (Å²) in [6, 6.07) is 15.6. The fraction of sp³-hybridized carbons (Fsp3) is 0.238. The molecular formula is C21H22N2O3S. The van der Waals surface area contributed by atoms with Gasteiger partial charge in [-0.05, 0) is 37.1 Å². The monoisotopic (exact) mass is 382 g/mol. The fourth-order valence-corrected chi connectivity index (χ4v) is 3.26. The molecular weight excluding hydrogens is 360 g/mol. The predicted molar refractivity (Wildman–Crippen MR) is 107 cm³/mol. The molecule has 3 rings (SSSR count). The zero-order valence-electron chi connectivity index (χ0n) is 15.4. The lowest BCUT2D eigenvalue weighted by molar-refractivity contribution is 0.0949. The largest absolute Gasteiger partial charge is 0.496 e. The Kier molecular flexibility index (Phi) is 6.44. The van der Waals surface area contributed by atoms with Crippen molar-refractivity contribution in [3.8, 4) is 11.5 Å². The van der Waals surface area contributed by atoms with Gasteiger partial charge in [-0.2, -0.15) is 0 Å². The molecule has 0 spiro atoms. The van der Waals surface area contributed by atoms with Crippen LogP contribution in [0.5, 0.6) is 11.5 Å². The van der Waals surface area contributed by atoms with Crippen molar-refractivity contribution < 1.29 is 14.3 Å². The Balaban J connectivity index is 1.48. The lowest BCUT2D eigenvalue weighted by Crippen LogP contribution is -2.26. The molecule has 0 radical (unpaired) electrons. The van der Waals surface area contributed by atoms with E-state index in [0.29, 0.717) is 25.3 Å². The number of aromatic nitrogens is 1. The Hall–Kier alpha value is -2.86. The summed E-state index contributed by atoms with van der Waals surface area (Å²) >= 11 is 1.42. The van der Waals surface area contributed by atoms with Crippen molar-refractivity contribution in [3.05, 3.63) is 75.7 Å². The molecule has 0 aliphatic heterocycles. The van der Waals surface area contributed by atoms with Gasteiger partial charge in [-0.3, -0.25) is 4.79 Å². The third kappa shape index (κ3) is 5.31. The molecule has 1 aromatic heterocycles. The highest BCUT2D eigenvalue weighted by Crippen LogP contribution is 2.18. The first-order valence-corrected chi connectivity index (χ1v) is 9.57. The van der Waals surface area contributed by atoms with Gasteiger partial charge in [0, 0.05) is 11.9 Å². The maximum absolute atomic E-state index is 12.3. The molecule has 0 bridgehead atoms.